The summed E-state index contributed by atoms with van der Waals surface area (Å²) < 4.78 is 0. The number of nitrogens with one attached hydrogen (secondary N) is 3. The Morgan fingerprint density at radius 3 is 2.48 bits per heavy atom. The molecule has 8 nitrogen and oxygen atoms in total. The number of carbonyl (C=O) groups excluding carboxylic acids is 1. The minimum atomic E-state index is -0.474. The minimum Gasteiger partial charge on any atom is -0.322 e. The molecule has 0 spiro atoms. The van der Waals surface area contributed by atoms with Crippen molar-refractivity contribution < 1.29 is 19.5 Å². The Kier molecular flexibility index (Phi) is 7.29. The molecule has 1 saturated heterocycles. The molecule has 3 rings (SSSR count). The molecule has 0 bridgehead atoms. The number of nitro groups is 1. The van der Waals surface area contributed by atoms with E-state index in [1.807, 2.05) is 18.2 Å². The molecule has 1 aliphatic heterocycles. The van der Waals surface area contributed by atoms with Gasteiger partial charge >= 0.3 is 0 Å². The van der Waals surface area contributed by atoms with E-state index >= 15 is 0 Å². The predicted molar refractivity (Wildman–Crippen MR) is 110 cm³/mol. The van der Waals surface area contributed by atoms with Crippen molar-refractivity contribution >= 4 is 29.4 Å². The molecule has 9 heteroatoms. The van der Waals surface area contributed by atoms with E-state index in [0.29, 0.717) is 12.1 Å². The van der Waals surface area contributed by atoms with Crippen LogP contribution in [0, 0.1) is 10.1 Å². The number of benzene rings is 2. The molecular weight excluding hydrogens is 394 g/mol. The Balaban J connectivity index is 1.43. The normalized spacial score (nSPS) is 19.2. The van der Waals surface area contributed by atoms with Crippen LogP contribution in [0.5, 0.6) is 0 Å². The second kappa shape index (κ2) is 10.1. The zero-order valence-electron chi connectivity index (χ0n) is 15.9. The molecule has 3 N–H and O–H groups in total. The first-order chi connectivity index (χ1) is 14.0. The lowest BCUT2D eigenvalue weighted by Crippen LogP contribution is -3.28. The van der Waals surface area contributed by atoms with E-state index in [4.69, 9.17) is 11.6 Å². The molecule has 0 unspecified atom stereocenters. The second-order valence-electron chi connectivity index (χ2n) is 7.05. The number of halogens is 1. The quantitative estimate of drug-likeness (QED) is 0.327. The molecule has 152 valence electrons. The van der Waals surface area contributed by atoms with Crippen LogP contribution in [0.3, 0.4) is 0 Å². The number of para-hydroxylation sites is 1. The SMILES string of the molecule is O=C(C[NH+]1CC[NH+](Cc2ccccc2Cl)CC1)N/N=C\c1ccccc1[N+](=O)[O-]. The molecule has 1 amide bonds. The highest BCUT2D eigenvalue weighted by Gasteiger charge is 2.25. The summed E-state index contributed by atoms with van der Waals surface area (Å²) in [5.74, 6) is -0.204. The second-order valence-corrected chi connectivity index (χ2v) is 7.46. The summed E-state index contributed by atoms with van der Waals surface area (Å²) in [5.41, 5.74) is 3.92. The number of carbonyl (C=O) groups is 1. The van der Waals surface area contributed by atoms with Crippen LogP contribution in [0.4, 0.5) is 5.69 Å². The van der Waals surface area contributed by atoms with Crippen LogP contribution in [-0.4, -0.2) is 49.8 Å². The van der Waals surface area contributed by atoms with Crippen molar-refractivity contribution in [3.05, 3.63) is 74.8 Å². The fourth-order valence-corrected chi connectivity index (χ4v) is 3.63. The van der Waals surface area contributed by atoms with E-state index in [1.165, 1.54) is 22.1 Å². The molecule has 0 atom stereocenters. The van der Waals surface area contributed by atoms with Crippen LogP contribution >= 0.6 is 11.6 Å². The average molecular weight is 418 g/mol. The Morgan fingerprint density at radius 1 is 1.10 bits per heavy atom. The molecule has 1 heterocycles. The molecule has 0 saturated carbocycles. The van der Waals surface area contributed by atoms with Crippen molar-refractivity contribution in [3.63, 3.8) is 0 Å². The molecule has 2 aromatic rings. The van der Waals surface area contributed by atoms with Gasteiger partial charge in [-0.1, -0.05) is 41.9 Å². The fraction of sp³-hybridized carbons (Fsp3) is 0.300. The summed E-state index contributed by atoms with van der Waals surface area (Å²) >= 11 is 6.24. The van der Waals surface area contributed by atoms with Crippen LogP contribution < -0.4 is 15.2 Å². The summed E-state index contributed by atoms with van der Waals surface area (Å²) in [6.45, 7) is 4.93. The summed E-state index contributed by atoms with van der Waals surface area (Å²) in [6.07, 6.45) is 1.30. The molecule has 1 aliphatic rings. The summed E-state index contributed by atoms with van der Waals surface area (Å²) in [4.78, 5) is 25.3. The third-order valence-corrected chi connectivity index (χ3v) is 5.37. The van der Waals surface area contributed by atoms with E-state index < -0.39 is 4.92 Å². The molecular formula is C20H24ClN5O3+2. The van der Waals surface area contributed by atoms with Crippen molar-refractivity contribution in [2.75, 3.05) is 32.7 Å². The molecule has 1 fully saturated rings. The Labute approximate surface area is 173 Å². The third-order valence-electron chi connectivity index (χ3n) is 5.00. The maximum atomic E-state index is 12.1. The van der Waals surface area contributed by atoms with Gasteiger partial charge < -0.3 is 9.80 Å². The van der Waals surface area contributed by atoms with E-state index in [0.717, 1.165) is 43.3 Å². The number of hydrazone groups is 1. The van der Waals surface area contributed by atoms with Gasteiger partial charge in [0.05, 0.1) is 16.7 Å². The Bertz CT molecular complexity index is 897. The van der Waals surface area contributed by atoms with Crippen LogP contribution in [0.25, 0.3) is 0 Å². The number of piperazine rings is 1. The van der Waals surface area contributed by atoms with Gasteiger partial charge in [-0.3, -0.25) is 14.9 Å². The van der Waals surface area contributed by atoms with Crippen molar-refractivity contribution in [1.82, 2.24) is 5.43 Å². The van der Waals surface area contributed by atoms with Crippen molar-refractivity contribution in [3.8, 4) is 0 Å². The summed E-state index contributed by atoms with van der Waals surface area (Å²) in [6, 6.07) is 14.1. The molecule has 2 aromatic carbocycles. The van der Waals surface area contributed by atoms with Gasteiger partial charge in [0.15, 0.2) is 6.54 Å². The number of quaternary nitrogens is 2. The number of nitro benzene ring substituents is 1. The number of rotatable bonds is 7. The predicted octanol–water partition coefficient (Wildman–Crippen LogP) is -0.318. The first kappa shape index (κ1) is 20.9. The van der Waals surface area contributed by atoms with E-state index in [2.05, 4.69) is 16.6 Å². The Hall–Kier alpha value is -2.81. The summed E-state index contributed by atoms with van der Waals surface area (Å²) in [5, 5.41) is 15.7. The highest BCUT2D eigenvalue weighted by atomic mass is 35.5. The van der Waals surface area contributed by atoms with Crippen LogP contribution in [0.15, 0.2) is 53.6 Å². The lowest BCUT2D eigenvalue weighted by Gasteiger charge is -2.29. The molecule has 0 radical (unpaired) electrons. The van der Waals surface area contributed by atoms with Gasteiger partial charge in [0.1, 0.15) is 32.7 Å². The van der Waals surface area contributed by atoms with Crippen LogP contribution in [0.1, 0.15) is 11.1 Å². The van der Waals surface area contributed by atoms with Gasteiger partial charge in [0, 0.05) is 16.7 Å². The molecule has 0 aromatic heterocycles. The van der Waals surface area contributed by atoms with Crippen molar-refractivity contribution in [2.24, 2.45) is 5.10 Å². The van der Waals surface area contributed by atoms with E-state index in [9.17, 15) is 14.9 Å². The first-order valence-electron chi connectivity index (χ1n) is 9.49. The van der Waals surface area contributed by atoms with Gasteiger partial charge in [-0.05, 0) is 12.1 Å². The van der Waals surface area contributed by atoms with Gasteiger partial charge in [-0.2, -0.15) is 5.10 Å². The monoisotopic (exact) mass is 417 g/mol. The lowest BCUT2D eigenvalue weighted by atomic mass is 10.2. The van der Waals surface area contributed by atoms with E-state index in [-0.39, 0.29) is 11.6 Å². The Morgan fingerprint density at radius 2 is 1.76 bits per heavy atom. The van der Waals surface area contributed by atoms with Crippen molar-refractivity contribution in [1.29, 1.82) is 0 Å². The number of nitrogens with zero attached hydrogens (tertiary/aromatic N) is 2. The number of hydrogen-bond acceptors (Lipinski definition) is 4. The van der Waals surface area contributed by atoms with Crippen LogP contribution in [0.2, 0.25) is 5.02 Å². The van der Waals surface area contributed by atoms with Crippen molar-refractivity contribution in [2.45, 2.75) is 6.54 Å². The van der Waals surface area contributed by atoms with Gasteiger partial charge in [-0.15, -0.1) is 0 Å². The van der Waals surface area contributed by atoms with Gasteiger partial charge in [-0.25, -0.2) is 5.43 Å². The maximum absolute atomic E-state index is 12.1. The first-order valence-corrected chi connectivity index (χ1v) is 9.86. The number of hydrogen-bond donors (Lipinski definition) is 3. The zero-order chi connectivity index (χ0) is 20.6. The minimum absolute atomic E-state index is 0.0475. The fourth-order valence-electron chi connectivity index (χ4n) is 3.43. The average Bonchev–Trinajstić information content (AvgIpc) is 2.71. The lowest BCUT2D eigenvalue weighted by molar-refractivity contribution is -1.02. The van der Waals surface area contributed by atoms with Gasteiger partial charge in [0.25, 0.3) is 11.6 Å². The maximum Gasteiger partial charge on any atom is 0.295 e. The molecule has 0 aliphatic carbocycles. The summed E-state index contributed by atoms with van der Waals surface area (Å²) in [7, 11) is 0. The zero-order valence-corrected chi connectivity index (χ0v) is 16.7. The highest BCUT2D eigenvalue weighted by molar-refractivity contribution is 6.31. The third kappa shape index (κ3) is 6.08. The topological polar surface area (TPSA) is 93.5 Å². The standard InChI is InChI=1S/C20H22ClN5O3/c21-18-7-3-1-6-17(18)14-24-9-11-25(12-10-24)15-20(27)23-22-13-16-5-2-4-8-19(16)26(28)29/h1-8,13H,9-12,14-15H2,(H,23,27)/p+2/b22-13-. The smallest absolute Gasteiger partial charge is 0.295 e. The van der Waals surface area contributed by atoms with Crippen LogP contribution in [-0.2, 0) is 11.3 Å². The van der Waals surface area contributed by atoms with E-state index in [1.54, 1.807) is 18.2 Å². The number of amides is 1. The highest BCUT2D eigenvalue weighted by Crippen LogP contribution is 2.15. The molecule has 29 heavy (non-hydrogen) atoms. The van der Waals surface area contributed by atoms with Gasteiger partial charge in [0.2, 0.25) is 0 Å². The largest absolute Gasteiger partial charge is 0.322 e.